The molecule has 1 N–H and O–H groups in total. The Labute approximate surface area is 112 Å². The zero-order valence-electron chi connectivity index (χ0n) is 11.7. The van der Waals surface area contributed by atoms with Crippen LogP contribution >= 0.6 is 0 Å². The molecule has 0 saturated carbocycles. The van der Waals surface area contributed by atoms with Crippen LogP contribution in [0.25, 0.3) is 0 Å². The summed E-state index contributed by atoms with van der Waals surface area (Å²) in [5, 5.41) is 3.47. The van der Waals surface area contributed by atoms with Crippen molar-refractivity contribution in [2.75, 3.05) is 27.3 Å². The van der Waals surface area contributed by atoms with Gasteiger partial charge in [0.2, 0.25) is 0 Å². The molecule has 2 rings (SSSR count). The lowest BCUT2D eigenvalue weighted by Crippen LogP contribution is -2.30. The predicted molar refractivity (Wildman–Crippen MR) is 75.0 cm³/mol. The Balaban J connectivity index is 0.00000180. The molecular weight excluding hydrogens is 226 g/mol. The Hall–Kier alpha value is -0.800. The lowest BCUT2D eigenvalue weighted by atomic mass is 9.85. The van der Waals surface area contributed by atoms with E-state index in [1.165, 1.54) is 30.5 Å². The highest BCUT2D eigenvalue weighted by atomic mass is 16.5. The lowest BCUT2D eigenvalue weighted by Gasteiger charge is -2.29. The number of piperidine rings is 1. The van der Waals surface area contributed by atoms with E-state index in [9.17, 15) is 0 Å². The second kappa shape index (κ2) is 6.39. The lowest BCUT2D eigenvalue weighted by molar-refractivity contribution is 0.205. The predicted octanol–water partition coefficient (Wildman–Crippen LogP) is 3.05. The maximum Gasteiger partial charge on any atom is 0.126 e. The molecule has 1 atom stereocenters. The minimum atomic E-state index is 0. The third kappa shape index (κ3) is 3.15. The normalized spacial score (nSPS) is 26.2. The van der Waals surface area contributed by atoms with Crippen LogP contribution in [0.4, 0.5) is 0 Å². The van der Waals surface area contributed by atoms with E-state index >= 15 is 0 Å². The van der Waals surface area contributed by atoms with Gasteiger partial charge in [0.1, 0.15) is 11.9 Å². The number of hydrogen-bond acceptors (Lipinski definition) is 3. The first-order chi connectivity index (χ1) is 8.74. The van der Waals surface area contributed by atoms with Crippen LogP contribution in [-0.2, 0) is 9.47 Å². The summed E-state index contributed by atoms with van der Waals surface area (Å²) >= 11 is 0. The molecule has 1 heterocycles. The van der Waals surface area contributed by atoms with Crippen molar-refractivity contribution in [2.45, 2.75) is 32.6 Å². The average molecular weight is 252 g/mol. The Kier molecular flexibility index (Phi) is 4.84. The molecule has 3 nitrogen and oxygen atoms in total. The maximum absolute atomic E-state index is 5.55. The highest BCUT2D eigenvalue weighted by Crippen LogP contribution is 2.35. The summed E-state index contributed by atoms with van der Waals surface area (Å²) in [4.78, 5) is 0. The summed E-state index contributed by atoms with van der Waals surface area (Å²) in [7, 11) is 3.51. The minimum absolute atomic E-state index is 0. The Bertz CT molecular complexity index is 346. The summed E-state index contributed by atoms with van der Waals surface area (Å²) in [6, 6.07) is 0. The molecule has 0 spiro atoms. The first-order valence-corrected chi connectivity index (χ1v) is 6.79. The van der Waals surface area contributed by atoms with Crippen LogP contribution in [-0.4, -0.2) is 27.3 Å². The molecule has 0 bridgehead atoms. The van der Waals surface area contributed by atoms with E-state index < -0.39 is 0 Å². The Morgan fingerprint density at radius 1 is 1.39 bits per heavy atom. The van der Waals surface area contributed by atoms with Crippen molar-refractivity contribution in [1.29, 1.82) is 0 Å². The quantitative estimate of drug-likeness (QED) is 0.834. The molecule has 1 radical (unpaired) electrons. The van der Waals surface area contributed by atoms with Gasteiger partial charge in [-0.2, -0.15) is 0 Å². The molecule has 0 aromatic heterocycles. The molecule has 0 unspecified atom stereocenters. The molecule has 0 amide bonds. The topological polar surface area (TPSA) is 30.5 Å². The second-order valence-electron chi connectivity index (χ2n) is 5.24. The van der Waals surface area contributed by atoms with Crippen molar-refractivity contribution in [3.8, 4) is 0 Å². The van der Waals surface area contributed by atoms with Gasteiger partial charge in [-0.15, -0.1) is 0 Å². The molecule has 0 aromatic rings. The van der Waals surface area contributed by atoms with Crippen LogP contribution in [0.2, 0.25) is 0 Å². The van der Waals surface area contributed by atoms with Gasteiger partial charge in [0, 0.05) is 15.0 Å². The molecule has 0 aromatic carbocycles. The van der Waals surface area contributed by atoms with Gasteiger partial charge in [0.25, 0.3) is 0 Å². The zero-order valence-corrected chi connectivity index (χ0v) is 11.7. The van der Waals surface area contributed by atoms with Crippen molar-refractivity contribution in [3.05, 3.63) is 29.1 Å². The van der Waals surface area contributed by atoms with Gasteiger partial charge in [-0.25, -0.2) is 0 Å². The highest BCUT2D eigenvalue weighted by Gasteiger charge is 2.25. The molecular formula is C15H26NO2. The van der Waals surface area contributed by atoms with E-state index in [4.69, 9.17) is 9.47 Å². The summed E-state index contributed by atoms with van der Waals surface area (Å²) in [5.74, 6) is 1.74. The molecule has 1 fully saturated rings. The fraction of sp³-hybridized carbons (Fsp3) is 0.667. The van der Waals surface area contributed by atoms with Crippen LogP contribution in [0, 0.1) is 12.0 Å². The minimum Gasteiger partial charge on any atom is -0.497 e. The van der Waals surface area contributed by atoms with Gasteiger partial charge in [0.05, 0.1) is 7.11 Å². The molecule has 3 heteroatoms. The van der Waals surface area contributed by atoms with Gasteiger partial charge in [-0.05, 0) is 62.4 Å². The Morgan fingerprint density at radius 3 is 2.83 bits per heavy atom. The standard InChI is InChI=1S/C15H24NO2.H2/c1-11-7-15(18-3)13(9-14(11)17-2)8-12-5-4-6-16-10-12;/h9,12,16H,4-8,10H2,1-3H3;1H/t12-;/m1./s1. The van der Waals surface area contributed by atoms with E-state index in [1.54, 1.807) is 14.2 Å². The zero-order chi connectivity index (χ0) is 13.0. The molecule has 18 heavy (non-hydrogen) atoms. The molecule has 1 aliphatic carbocycles. The van der Waals surface area contributed by atoms with Gasteiger partial charge in [0.15, 0.2) is 0 Å². The molecule has 2 aliphatic rings. The van der Waals surface area contributed by atoms with E-state index in [0.29, 0.717) is 0 Å². The van der Waals surface area contributed by atoms with Gasteiger partial charge in [-0.1, -0.05) is 0 Å². The summed E-state index contributed by atoms with van der Waals surface area (Å²) < 4.78 is 11.0. The molecule has 103 valence electrons. The monoisotopic (exact) mass is 252 g/mol. The number of methoxy groups -OCH3 is 2. The van der Waals surface area contributed by atoms with Crippen LogP contribution in [0.3, 0.4) is 0 Å². The van der Waals surface area contributed by atoms with Gasteiger partial charge >= 0.3 is 0 Å². The van der Waals surface area contributed by atoms with Crippen LogP contribution < -0.4 is 5.32 Å². The summed E-state index contributed by atoms with van der Waals surface area (Å²) in [5.41, 5.74) is 2.56. The first kappa shape index (κ1) is 13.6. The SMILES string of the molecule is CO[C]1CC(C)=C(OC)C=C1C[C@H]1CCCNC1.[HH]. The van der Waals surface area contributed by atoms with E-state index in [1.807, 2.05) is 0 Å². The molecule has 1 aliphatic heterocycles. The highest BCUT2D eigenvalue weighted by molar-refractivity contribution is 5.38. The van der Waals surface area contributed by atoms with Crippen molar-refractivity contribution in [2.24, 2.45) is 5.92 Å². The number of allylic oxidation sites excluding steroid dienone is 1. The third-order valence-electron chi connectivity index (χ3n) is 3.88. The van der Waals surface area contributed by atoms with Gasteiger partial charge in [-0.3, -0.25) is 0 Å². The van der Waals surface area contributed by atoms with E-state index in [-0.39, 0.29) is 1.43 Å². The largest absolute Gasteiger partial charge is 0.497 e. The van der Waals surface area contributed by atoms with Crippen LogP contribution in [0.5, 0.6) is 0 Å². The van der Waals surface area contributed by atoms with Crippen molar-refractivity contribution in [3.63, 3.8) is 0 Å². The fourth-order valence-electron chi connectivity index (χ4n) is 2.82. The number of ether oxygens (including phenoxy) is 2. The third-order valence-corrected chi connectivity index (χ3v) is 3.88. The van der Waals surface area contributed by atoms with E-state index in [2.05, 4.69) is 18.3 Å². The van der Waals surface area contributed by atoms with Gasteiger partial charge < -0.3 is 14.8 Å². The summed E-state index contributed by atoms with van der Waals surface area (Å²) in [6.45, 7) is 4.39. The average Bonchev–Trinajstić information content (AvgIpc) is 2.41. The second-order valence-corrected chi connectivity index (χ2v) is 5.24. The van der Waals surface area contributed by atoms with E-state index in [0.717, 1.165) is 37.2 Å². The number of rotatable bonds is 4. The van der Waals surface area contributed by atoms with Crippen LogP contribution in [0.1, 0.15) is 34.0 Å². The summed E-state index contributed by atoms with van der Waals surface area (Å²) in [6.07, 6.45) is 7.84. The van der Waals surface area contributed by atoms with Crippen molar-refractivity contribution < 1.29 is 10.9 Å². The molecule has 1 saturated heterocycles. The number of nitrogens with one attached hydrogen (secondary N) is 1. The van der Waals surface area contributed by atoms with Crippen LogP contribution in [0.15, 0.2) is 23.0 Å². The first-order valence-electron chi connectivity index (χ1n) is 6.79. The van der Waals surface area contributed by atoms with Crippen molar-refractivity contribution >= 4 is 0 Å². The van der Waals surface area contributed by atoms with Crippen molar-refractivity contribution in [1.82, 2.24) is 5.32 Å². The number of hydrogen-bond donors (Lipinski definition) is 1. The maximum atomic E-state index is 5.55. The smallest absolute Gasteiger partial charge is 0.126 e. The fourth-order valence-corrected chi connectivity index (χ4v) is 2.82. The Morgan fingerprint density at radius 2 is 2.22 bits per heavy atom.